The molecule has 3 N–H and O–H groups in total. The van der Waals surface area contributed by atoms with Crippen LogP contribution in [0, 0.1) is 0 Å². The number of alkyl halides is 3. The average molecular weight is 442 g/mol. The first-order valence-electron chi connectivity index (χ1n) is 7.06. The van der Waals surface area contributed by atoms with E-state index in [4.69, 9.17) is 11.6 Å². The van der Waals surface area contributed by atoms with Crippen molar-refractivity contribution in [1.29, 1.82) is 0 Å². The van der Waals surface area contributed by atoms with E-state index in [-0.39, 0.29) is 5.02 Å². The summed E-state index contributed by atoms with van der Waals surface area (Å²) in [4.78, 5) is 11.0. The fourth-order valence-electron chi connectivity index (χ4n) is 2.05. The maximum Gasteiger partial charge on any atom is 0.573 e. The Morgan fingerprint density at radius 3 is 2.39 bits per heavy atom. The molecule has 0 unspecified atom stereocenters. The van der Waals surface area contributed by atoms with Crippen LogP contribution in [0.25, 0.3) is 0 Å². The van der Waals surface area contributed by atoms with Crippen LogP contribution in [-0.4, -0.2) is 38.1 Å². The lowest BCUT2D eigenvalue weighted by atomic mass is 10.1. The van der Waals surface area contributed by atoms with Gasteiger partial charge in [-0.05, 0) is 24.3 Å². The average Bonchev–Trinajstić information content (AvgIpc) is 2.57. The van der Waals surface area contributed by atoms with Crippen molar-refractivity contribution < 1.29 is 46.1 Å². The summed E-state index contributed by atoms with van der Waals surface area (Å²) in [5, 5.41) is 19.7. The number of halogens is 4. The van der Waals surface area contributed by atoms with Gasteiger partial charge in [0.15, 0.2) is 5.75 Å². The molecule has 13 heteroatoms. The normalized spacial score (nSPS) is 11.8. The Morgan fingerprint density at radius 1 is 1.18 bits per heavy atom. The second-order valence-electron chi connectivity index (χ2n) is 5.12. The van der Waals surface area contributed by atoms with Crippen LogP contribution in [0.15, 0.2) is 35.2 Å². The van der Waals surface area contributed by atoms with E-state index in [1.165, 1.54) is 6.07 Å². The number of ether oxygens (including phenoxy) is 2. The number of anilines is 1. The van der Waals surface area contributed by atoms with Crippen molar-refractivity contribution in [2.45, 2.75) is 11.3 Å². The van der Waals surface area contributed by atoms with E-state index in [1.54, 1.807) is 4.72 Å². The van der Waals surface area contributed by atoms with Crippen LogP contribution in [0.1, 0.15) is 10.4 Å². The third-order valence-electron chi connectivity index (χ3n) is 3.18. The van der Waals surface area contributed by atoms with Crippen LogP contribution in [0.3, 0.4) is 0 Å². The third kappa shape index (κ3) is 4.89. The Balaban J connectivity index is 2.58. The number of hydrogen-bond donors (Lipinski definition) is 3. The van der Waals surface area contributed by atoms with Crippen LogP contribution in [0.2, 0.25) is 5.02 Å². The van der Waals surface area contributed by atoms with Gasteiger partial charge in [-0.1, -0.05) is 11.6 Å². The monoisotopic (exact) mass is 441 g/mol. The predicted molar refractivity (Wildman–Crippen MR) is 90.1 cm³/mol. The first-order chi connectivity index (χ1) is 12.8. The molecule has 0 bridgehead atoms. The zero-order chi connectivity index (χ0) is 21.3. The summed E-state index contributed by atoms with van der Waals surface area (Å²) in [6.45, 7) is 0. The molecule has 0 amide bonds. The second-order valence-corrected chi connectivity index (χ2v) is 7.21. The molecule has 28 heavy (non-hydrogen) atoms. The zero-order valence-electron chi connectivity index (χ0n) is 13.7. The van der Waals surface area contributed by atoms with E-state index in [2.05, 4.69) is 9.47 Å². The molecule has 0 aliphatic heterocycles. The molecule has 0 spiro atoms. The lowest BCUT2D eigenvalue weighted by Crippen LogP contribution is -2.19. The first-order valence-corrected chi connectivity index (χ1v) is 8.92. The molecule has 0 fully saturated rings. The van der Waals surface area contributed by atoms with Gasteiger partial charge in [0.2, 0.25) is 0 Å². The fourth-order valence-corrected chi connectivity index (χ4v) is 3.46. The summed E-state index contributed by atoms with van der Waals surface area (Å²) in [5.41, 5.74) is -1.63. The summed E-state index contributed by atoms with van der Waals surface area (Å²) in [5.74, 6) is -3.99. The van der Waals surface area contributed by atoms with Crippen molar-refractivity contribution in [1.82, 2.24) is 0 Å². The molecule has 0 radical (unpaired) electrons. The SMILES string of the molecule is COC(=O)c1cc(OC(F)(F)F)cc(NS(=O)(=O)c2cc(Cl)ccc2O)c1O. The van der Waals surface area contributed by atoms with Crippen molar-refractivity contribution in [2.75, 3.05) is 11.8 Å². The number of sulfonamides is 1. The van der Waals surface area contributed by atoms with Crippen molar-refractivity contribution in [3.05, 3.63) is 40.9 Å². The van der Waals surface area contributed by atoms with Crippen LogP contribution < -0.4 is 9.46 Å². The van der Waals surface area contributed by atoms with Crippen molar-refractivity contribution >= 4 is 33.3 Å². The van der Waals surface area contributed by atoms with Crippen molar-refractivity contribution in [2.24, 2.45) is 0 Å². The number of aromatic hydroxyl groups is 2. The molecular weight excluding hydrogens is 431 g/mol. The van der Waals surface area contributed by atoms with Crippen LogP contribution in [0.5, 0.6) is 17.2 Å². The lowest BCUT2D eigenvalue weighted by molar-refractivity contribution is -0.274. The van der Waals surface area contributed by atoms with Gasteiger partial charge in [0.1, 0.15) is 22.0 Å². The van der Waals surface area contributed by atoms with E-state index in [0.717, 1.165) is 19.2 Å². The van der Waals surface area contributed by atoms with Gasteiger partial charge in [-0.15, -0.1) is 13.2 Å². The zero-order valence-corrected chi connectivity index (χ0v) is 15.3. The van der Waals surface area contributed by atoms with E-state index in [1.807, 2.05) is 0 Å². The van der Waals surface area contributed by atoms with Gasteiger partial charge < -0.3 is 19.7 Å². The van der Waals surface area contributed by atoms with Gasteiger partial charge in [0.25, 0.3) is 10.0 Å². The number of nitrogens with one attached hydrogen (secondary N) is 1. The largest absolute Gasteiger partial charge is 0.573 e. The minimum absolute atomic E-state index is 0.0631. The molecule has 0 aliphatic rings. The molecule has 0 heterocycles. The highest BCUT2D eigenvalue weighted by Gasteiger charge is 2.33. The summed E-state index contributed by atoms with van der Waals surface area (Å²) in [6.07, 6.45) is -5.16. The van der Waals surface area contributed by atoms with Crippen LogP contribution >= 0.6 is 11.6 Å². The van der Waals surface area contributed by atoms with Crippen LogP contribution in [-0.2, 0) is 14.8 Å². The molecule has 0 saturated carbocycles. The number of esters is 1. The molecule has 2 aromatic rings. The summed E-state index contributed by atoms with van der Waals surface area (Å²) in [7, 11) is -3.74. The van der Waals surface area contributed by atoms with Crippen molar-refractivity contribution in [3.63, 3.8) is 0 Å². The molecule has 2 aromatic carbocycles. The summed E-state index contributed by atoms with van der Waals surface area (Å²) in [6, 6.07) is 4.05. The Labute approximate surface area is 161 Å². The fraction of sp³-hybridized carbons (Fsp3) is 0.133. The Hall–Kier alpha value is -2.86. The highest BCUT2D eigenvalue weighted by atomic mass is 35.5. The molecule has 0 saturated heterocycles. The van der Waals surface area contributed by atoms with E-state index >= 15 is 0 Å². The molecule has 2 rings (SSSR count). The van der Waals surface area contributed by atoms with Crippen molar-refractivity contribution in [3.8, 4) is 17.2 Å². The highest BCUT2D eigenvalue weighted by molar-refractivity contribution is 7.92. The summed E-state index contributed by atoms with van der Waals surface area (Å²) < 4.78 is 72.2. The van der Waals surface area contributed by atoms with Gasteiger partial charge in [0, 0.05) is 11.1 Å². The number of benzene rings is 2. The highest BCUT2D eigenvalue weighted by Crippen LogP contribution is 2.37. The quantitative estimate of drug-likeness (QED) is 0.481. The number of rotatable bonds is 5. The number of methoxy groups -OCH3 is 1. The number of phenols is 2. The molecule has 8 nitrogen and oxygen atoms in total. The number of hydrogen-bond acceptors (Lipinski definition) is 7. The van der Waals surface area contributed by atoms with Gasteiger partial charge in [-0.2, -0.15) is 0 Å². The molecule has 152 valence electrons. The summed E-state index contributed by atoms with van der Waals surface area (Å²) >= 11 is 5.68. The second kappa shape index (κ2) is 7.64. The number of phenolic OH excluding ortho intramolecular Hbond substituents is 2. The van der Waals surface area contributed by atoms with Gasteiger partial charge >= 0.3 is 12.3 Å². The lowest BCUT2D eigenvalue weighted by Gasteiger charge is -2.16. The van der Waals surface area contributed by atoms with E-state index in [0.29, 0.717) is 12.1 Å². The van der Waals surface area contributed by atoms with E-state index in [9.17, 15) is 36.6 Å². The standard InChI is InChI=1S/C15H11ClF3NO7S/c1-26-14(23)9-5-8(27-15(17,18)19)6-10(13(9)22)20-28(24,25)12-4-7(16)2-3-11(12)21/h2-6,20-22H,1H3. The number of carbonyl (C=O) groups excluding carboxylic acids is 1. The third-order valence-corrected chi connectivity index (χ3v) is 4.81. The van der Waals surface area contributed by atoms with Crippen LogP contribution in [0.4, 0.5) is 18.9 Å². The smallest absolute Gasteiger partial charge is 0.507 e. The Bertz CT molecular complexity index is 1030. The Morgan fingerprint density at radius 2 is 1.82 bits per heavy atom. The maximum atomic E-state index is 12.5. The molecular formula is C15H11ClF3NO7S. The topological polar surface area (TPSA) is 122 Å². The van der Waals surface area contributed by atoms with E-state index < -0.39 is 55.7 Å². The first kappa shape index (κ1) is 21.4. The molecule has 0 aliphatic carbocycles. The minimum Gasteiger partial charge on any atom is -0.507 e. The Kier molecular flexibility index (Phi) is 5.85. The predicted octanol–water partition coefficient (Wildman–Crippen LogP) is 3.24. The number of carbonyl (C=O) groups is 1. The molecule has 0 aromatic heterocycles. The minimum atomic E-state index is -5.16. The molecule has 0 atom stereocenters. The maximum absolute atomic E-state index is 12.5. The van der Waals surface area contributed by atoms with Gasteiger partial charge in [-0.3, -0.25) is 4.72 Å². The van der Waals surface area contributed by atoms with Gasteiger partial charge in [-0.25, -0.2) is 13.2 Å². The van der Waals surface area contributed by atoms with Gasteiger partial charge in [0.05, 0.1) is 12.8 Å².